The SMILES string of the molecule is CCc1nnc(C2(N)CC2)o1. The third-order valence-electron chi connectivity index (χ3n) is 1.98. The number of hydrogen-bond acceptors (Lipinski definition) is 4. The van der Waals surface area contributed by atoms with Crippen LogP contribution in [0.3, 0.4) is 0 Å². The molecule has 1 aromatic heterocycles. The maximum atomic E-state index is 5.84. The van der Waals surface area contributed by atoms with Crippen LogP contribution < -0.4 is 5.73 Å². The molecule has 1 saturated carbocycles. The monoisotopic (exact) mass is 153 g/mol. The van der Waals surface area contributed by atoms with E-state index in [0.29, 0.717) is 11.8 Å². The summed E-state index contributed by atoms with van der Waals surface area (Å²) in [5.41, 5.74) is 5.56. The van der Waals surface area contributed by atoms with Crippen LogP contribution in [0.15, 0.2) is 4.42 Å². The van der Waals surface area contributed by atoms with Crippen molar-refractivity contribution in [1.29, 1.82) is 0 Å². The lowest BCUT2D eigenvalue weighted by atomic mass is 10.3. The lowest BCUT2D eigenvalue weighted by Crippen LogP contribution is -2.18. The summed E-state index contributed by atoms with van der Waals surface area (Å²) in [5, 5.41) is 7.72. The molecule has 4 nitrogen and oxygen atoms in total. The highest BCUT2D eigenvalue weighted by atomic mass is 16.4. The van der Waals surface area contributed by atoms with E-state index in [0.717, 1.165) is 19.3 Å². The van der Waals surface area contributed by atoms with E-state index in [1.165, 1.54) is 0 Å². The van der Waals surface area contributed by atoms with Crippen molar-refractivity contribution < 1.29 is 4.42 Å². The molecule has 1 aliphatic rings. The average molecular weight is 153 g/mol. The van der Waals surface area contributed by atoms with Crippen LogP contribution in [-0.4, -0.2) is 10.2 Å². The van der Waals surface area contributed by atoms with Gasteiger partial charge >= 0.3 is 0 Å². The molecule has 1 heterocycles. The Balaban J connectivity index is 2.25. The molecule has 11 heavy (non-hydrogen) atoms. The van der Waals surface area contributed by atoms with Crippen LogP contribution in [0, 0.1) is 0 Å². The third kappa shape index (κ3) is 1.03. The first-order valence-electron chi connectivity index (χ1n) is 3.86. The van der Waals surface area contributed by atoms with Crippen molar-refractivity contribution in [3.63, 3.8) is 0 Å². The van der Waals surface area contributed by atoms with Crippen molar-refractivity contribution in [2.24, 2.45) is 5.73 Å². The van der Waals surface area contributed by atoms with E-state index in [9.17, 15) is 0 Å². The predicted molar refractivity (Wildman–Crippen MR) is 38.8 cm³/mol. The lowest BCUT2D eigenvalue weighted by Gasteiger charge is -1.98. The Morgan fingerprint density at radius 3 is 2.73 bits per heavy atom. The zero-order chi connectivity index (χ0) is 7.90. The van der Waals surface area contributed by atoms with Gasteiger partial charge in [0.05, 0.1) is 5.54 Å². The maximum absolute atomic E-state index is 5.84. The third-order valence-corrected chi connectivity index (χ3v) is 1.98. The van der Waals surface area contributed by atoms with Gasteiger partial charge in [0.2, 0.25) is 11.8 Å². The normalized spacial score (nSPS) is 20.2. The van der Waals surface area contributed by atoms with Gasteiger partial charge in [-0.25, -0.2) is 0 Å². The number of rotatable bonds is 2. The minimum Gasteiger partial charge on any atom is -0.423 e. The zero-order valence-corrected chi connectivity index (χ0v) is 6.50. The van der Waals surface area contributed by atoms with Gasteiger partial charge in [-0.05, 0) is 12.8 Å². The Morgan fingerprint density at radius 1 is 1.55 bits per heavy atom. The molecule has 0 aliphatic heterocycles. The highest BCUT2D eigenvalue weighted by Crippen LogP contribution is 2.41. The molecule has 1 fully saturated rings. The topological polar surface area (TPSA) is 64.9 Å². The number of nitrogens with two attached hydrogens (primary N) is 1. The van der Waals surface area contributed by atoms with E-state index in [2.05, 4.69) is 10.2 Å². The van der Waals surface area contributed by atoms with E-state index >= 15 is 0 Å². The van der Waals surface area contributed by atoms with Crippen molar-refractivity contribution in [2.45, 2.75) is 31.7 Å². The molecule has 0 spiro atoms. The summed E-state index contributed by atoms with van der Waals surface area (Å²) in [6.07, 6.45) is 2.72. The molecule has 0 unspecified atom stereocenters. The molecule has 0 amide bonds. The van der Waals surface area contributed by atoms with Gasteiger partial charge < -0.3 is 10.2 Å². The molecule has 1 aromatic rings. The molecule has 0 saturated heterocycles. The molecule has 1 aliphatic carbocycles. The first kappa shape index (κ1) is 6.79. The highest BCUT2D eigenvalue weighted by Gasteiger charge is 2.45. The largest absolute Gasteiger partial charge is 0.423 e. The molecular weight excluding hydrogens is 142 g/mol. The molecule has 0 bridgehead atoms. The van der Waals surface area contributed by atoms with Gasteiger partial charge in [0, 0.05) is 6.42 Å². The van der Waals surface area contributed by atoms with Crippen LogP contribution in [0.1, 0.15) is 31.5 Å². The number of hydrogen-bond donors (Lipinski definition) is 1. The molecule has 0 aromatic carbocycles. The Bertz CT molecular complexity index is 264. The fourth-order valence-corrected chi connectivity index (χ4v) is 0.946. The van der Waals surface area contributed by atoms with E-state index in [-0.39, 0.29) is 5.54 Å². The van der Waals surface area contributed by atoms with Crippen LogP contribution in [0.4, 0.5) is 0 Å². The molecule has 60 valence electrons. The minimum atomic E-state index is -0.277. The second-order valence-corrected chi connectivity index (χ2v) is 3.01. The summed E-state index contributed by atoms with van der Waals surface area (Å²) >= 11 is 0. The average Bonchev–Trinajstić information content (AvgIpc) is 2.61. The molecular formula is C7H11N3O. The minimum absolute atomic E-state index is 0.277. The fourth-order valence-electron chi connectivity index (χ4n) is 0.946. The first-order valence-corrected chi connectivity index (χ1v) is 3.86. The summed E-state index contributed by atoms with van der Waals surface area (Å²) in [7, 11) is 0. The Labute approximate surface area is 64.8 Å². The summed E-state index contributed by atoms with van der Waals surface area (Å²) in [6.45, 7) is 1.98. The number of aryl methyl sites for hydroxylation is 1. The maximum Gasteiger partial charge on any atom is 0.236 e. The molecule has 2 rings (SSSR count). The van der Waals surface area contributed by atoms with Crippen LogP contribution in [0.2, 0.25) is 0 Å². The van der Waals surface area contributed by atoms with E-state index in [1.807, 2.05) is 6.92 Å². The molecule has 4 heteroatoms. The second kappa shape index (κ2) is 2.04. The molecule has 0 atom stereocenters. The van der Waals surface area contributed by atoms with E-state index in [4.69, 9.17) is 10.2 Å². The van der Waals surface area contributed by atoms with E-state index < -0.39 is 0 Å². The van der Waals surface area contributed by atoms with Gasteiger partial charge in [0.1, 0.15) is 0 Å². The van der Waals surface area contributed by atoms with Gasteiger partial charge in [-0.3, -0.25) is 0 Å². The van der Waals surface area contributed by atoms with Gasteiger partial charge in [-0.2, -0.15) is 0 Å². The summed E-state index contributed by atoms with van der Waals surface area (Å²) in [6, 6.07) is 0. The second-order valence-electron chi connectivity index (χ2n) is 3.01. The van der Waals surface area contributed by atoms with Crippen molar-refractivity contribution in [3.8, 4) is 0 Å². The van der Waals surface area contributed by atoms with Gasteiger partial charge in [-0.15, -0.1) is 10.2 Å². The van der Waals surface area contributed by atoms with Crippen LogP contribution in [-0.2, 0) is 12.0 Å². The van der Waals surface area contributed by atoms with Crippen LogP contribution >= 0.6 is 0 Å². The highest BCUT2D eigenvalue weighted by molar-refractivity contribution is 5.10. The number of aromatic nitrogens is 2. The fraction of sp³-hybridized carbons (Fsp3) is 0.714. The summed E-state index contributed by atoms with van der Waals surface area (Å²) < 4.78 is 5.31. The first-order chi connectivity index (χ1) is 5.24. The smallest absolute Gasteiger partial charge is 0.236 e. The standard InChI is InChI=1S/C7H11N3O/c1-2-5-9-10-6(11-5)7(8)3-4-7/h2-4,8H2,1H3. The Hall–Kier alpha value is -0.900. The summed E-state index contributed by atoms with van der Waals surface area (Å²) in [5.74, 6) is 1.28. The van der Waals surface area contributed by atoms with Crippen molar-refractivity contribution >= 4 is 0 Å². The predicted octanol–water partition coefficient (Wildman–Crippen LogP) is 0.580. The van der Waals surface area contributed by atoms with Crippen molar-refractivity contribution in [2.75, 3.05) is 0 Å². The van der Waals surface area contributed by atoms with Crippen LogP contribution in [0.25, 0.3) is 0 Å². The van der Waals surface area contributed by atoms with Gasteiger partial charge in [0.25, 0.3) is 0 Å². The van der Waals surface area contributed by atoms with Crippen LogP contribution in [0.5, 0.6) is 0 Å². The Morgan fingerprint density at radius 2 is 2.27 bits per heavy atom. The lowest BCUT2D eigenvalue weighted by molar-refractivity contribution is 0.412. The quantitative estimate of drug-likeness (QED) is 0.675. The number of nitrogens with zero attached hydrogens (tertiary/aromatic N) is 2. The zero-order valence-electron chi connectivity index (χ0n) is 6.50. The van der Waals surface area contributed by atoms with Gasteiger partial charge in [0.15, 0.2) is 0 Å². The molecule has 2 N–H and O–H groups in total. The summed E-state index contributed by atoms with van der Waals surface area (Å²) in [4.78, 5) is 0. The Kier molecular flexibility index (Phi) is 1.26. The van der Waals surface area contributed by atoms with Crippen molar-refractivity contribution in [1.82, 2.24) is 10.2 Å². The van der Waals surface area contributed by atoms with Crippen molar-refractivity contribution in [3.05, 3.63) is 11.8 Å². The van der Waals surface area contributed by atoms with Gasteiger partial charge in [-0.1, -0.05) is 6.92 Å². The van der Waals surface area contributed by atoms with E-state index in [1.54, 1.807) is 0 Å². The molecule has 0 radical (unpaired) electrons.